The minimum Gasteiger partial charge on any atom is -0.394 e. The largest absolute Gasteiger partial charge is 0.394 e. The van der Waals surface area contributed by atoms with E-state index in [-0.39, 0.29) is 24.8 Å². The summed E-state index contributed by atoms with van der Waals surface area (Å²) in [6.45, 7) is 3.74. The highest BCUT2D eigenvalue weighted by Crippen LogP contribution is 2.27. The Morgan fingerprint density at radius 3 is 2.89 bits per heavy atom. The summed E-state index contributed by atoms with van der Waals surface area (Å²) in [5.74, 6) is 0.400. The highest BCUT2D eigenvalue weighted by atomic mass is 79.9. The fraction of sp³-hybridized carbons (Fsp3) is 0.636. The Morgan fingerprint density at radius 1 is 1.61 bits per heavy atom. The van der Waals surface area contributed by atoms with E-state index in [1.807, 2.05) is 0 Å². The number of hydrogen-bond donors (Lipinski definition) is 2. The molecule has 2 unspecified atom stereocenters. The third-order valence-corrected chi connectivity index (χ3v) is 4.03. The van der Waals surface area contributed by atoms with Crippen LogP contribution in [0.25, 0.3) is 0 Å². The Bertz CT molecular complexity index is 480. The van der Waals surface area contributed by atoms with E-state index in [1.165, 1.54) is 4.68 Å². The summed E-state index contributed by atoms with van der Waals surface area (Å²) in [5.41, 5.74) is 6.52. The van der Waals surface area contributed by atoms with Crippen molar-refractivity contribution in [1.29, 1.82) is 0 Å². The lowest BCUT2D eigenvalue weighted by Crippen LogP contribution is -2.31. The Kier molecular flexibility index (Phi) is 4.04. The predicted molar refractivity (Wildman–Crippen MR) is 72.6 cm³/mol. The third-order valence-electron chi connectivity index (χ3n) is 3.29. The molecule has 1 aromatic rings. The molecule has 7 heteroatoms. The molecule has 0 saturated carbocycles. The molecule has 100 valence electrons. The van der Waals surface area contributed by atoms with Crippen molar-refractivity contribution in [3.05, 3.63) is 21.0 Å². The van der Waals surface area contributed by atoms with Crippen LogP contribution in [0.1, 0.15) is 6.92 Å². The maximum absolute atomic E-state index is 12.0. The second-order valence-electron chi connectivity index (χ2n) is 4.64. The zero-order valence-electron chi connectivity index (χ0n) is 10.2. The van der Waals surface area contributed by atoms with Crippen LogP contribution >= 0.6 is 15.9 Å². The molecule has 0 aliphatic carbocycles. The van der Waals surface area contributed by atoms with Crippen LogP contribution in [0.4, 0.5) is 5.69 Å². The van der Waals surface area contributed by atoms with Gasteiger partial charge in [-0.2, -0.15) is 5.10 Å². The molecule has 2 heterocycles. The van der Waals surface area contributed by atoms with Gasteiger partial charge in [-0.05, 0) is 21.8 Å². The minimum absolute atomic E-state index is 0.107. The summed E-state index contributed by atoms with van der Waals surface area (Å²) in [6.07, 6.45) is 1.64. The molecule has 18 heavy (non-hydrogen) atoms. The van der Waals surface area contributed by atoms with Gasteiger partial charge in [-0.15, -0.1) is 0 Å². The van der Waals surface area contributed by atoms with E-state index in [0.717, 1.165) is 18.8 Å². The number of hydrogen-bond acceptors (Lipinski definition) is 5. The van der Waals surface area contributed by atoms with Gasteiger partial charge in [0, 0.05) is 19.1 Å². The van der Waals surface area contributed by atoms with Gasteiger partial charge in [0.1, 0.15) is 4.47 Å². The SMILES string of the molecule is CC1CN(c2cnn(CCO)c(=O)c2Br)CC1N. The lowest BCUT2D eigenvalue weighted by atomic mass is 10.1. The first-order valence-corrected chi connectivity index (χ1v) is 6.71. The first-order valence-electron chi connectivity index (χ1n) is 5.91. The Labute approximate surface area is 114 Å². The topological polar surface area (TPSA) is 84.4 Å². The number of aromatic nitrogens is 2. The number of anilines is 1. The van der Waals surface area contributed by atoms with Gasteiger partial charge in [-0.3, -0.25) is 4.79 Å². The van der Waals surface area contributed by atoms with Crippen LogP contribution in [0.3, 0.4) is 0 Å². The van der Waals surface area contributed by atoms with E-state index in [1.54, 1.807) is 6.20 Å². The molecule has 1 aliphatic heterocycles. The van der Waals surface area contributed by atoms with Gasteiger partial charge >= 0.3 is 0 Å². The van der Waals surface area contributed by atoms with Gasteiger partial charge in [0.15, 0.2) is 0 Å². The van der Waals surface area contributed by atoms with Crippen LogP contribution in [-0.2, 0) is 6.54 Å². The van der Waals surface area contributed by atoms with Crippen molar-refractivity contribution in [1.82, 2.24) is 9.78 Å². The summed E-state index contributed by atoms with van der Waals surface area (Å²) in [6, 6.07) is 0.122. The van der Waals surface area contributed by atoms with Crippen molar-refractivity contribution >= 4 is 21.6 Å². The average molecular weight is 317 g/mol. The number of halogens is 1. The number of aliphatic hydroxyl groups excluding tert-OH is 1. The maximum Gasteiger partial charge on any atom is 0.283 e. The Morgan fingerprint density at radius 2 is 2.33 bits per heavy atom. The van der Waals surface area contributed by atoms with Crippen molar-refractivity contribution < 1.29 is 5.11 Å². The lowest BCUT2D eigenvalue weighted by Gasteiger charge is -2.19. The monoisotopic (exact) mass is 316 g/mol. The van der Waals surface area contributed by atoms with Gasteiger partial charge in [0.05, 0.1) is 25.0 Å². The molecular formula is C11H17BrN4O2. The number of rotatable bonds is 3. The molecule has 1 aromatic heterocycles. The lowest BCUT2D eigenvalue weighted by molar-refractivity contribution is 0.266. The predicted octanol–water partition coefficient (Wildman–Crippen LogP) is -0.218. The van der Waals surface area contributed by atoms with Crippen molar-refractivity contribution in [2.75, 3.05) is 24.6 Å². The summed E-state index contributed by atoms with van der Waals surface area (Å²) in [5, 5.41) is 12.9. The first-order chi connectivity index (χ1) is 8.54. The summed E-state index contributed by atoms with van der Waals surface area (Å²) >= 11 is 3.31. The molecule has 3 N–H and O–H groups in total. The highest BCUT2D eigenvalue weighted by Gasteiger charge is 2.28. The molecule has 6 nitrogen and oxygen atoms in total. The number of nitrogens with zero attached hydrogens (tertiary/aromatic N) is 3. The van der Waals surface area contributed by atoms with Crippen molar-refractivity contribution in [3.63, 3.8) is 0 Å². The second kappa shape index (κ2) is 5.38. The molecule has 0 spiro atoms. The summed E-state index contributed by atoms with van der Waals surface area (Å²) in [4.78, 5) is 14.1. The van der Waals surface area contributed by atoms with E-state index in [0.29, 0.717) is 10.4 Å². The molecule has 1 aliphatic rings. The summed E-state index contributed by atoms with van der Waals surface area (Å²) < 4.78 is 1.72. The van der Waals surface area contributed by atoms with E-state index < -0.39 is 0 Å². The van der Waals surface area contributed by atoms with Crippen molar-refractivity contribution in [2.24, 2.45) is 11.7 Å². The average Bonchev–Trinajstić information content (AvgIpc) is 2.66. The normalized spacial score (nSPS) is 23.7. The van der Waals surface area contributed by atoms with Gasteiger partial charge in [-0.1, -0.05) is 6.92 Å². The van der Waals surface area contributed by atoms with Crippen LogP contribution in [-0.4, -0.2) is 40.6 Å². The highest BCUT2D eigenvalue weighted by molar-refractivity contribution is 9.10. The van der Waals surface area contributed by atoms with Crippen LogP contribution in [0.15, 0.2) is 15.5 Å². The van der Waals surface area contributed by atoms with Crippen LogP contribution in [0.2, 0.25) is 0 Å². The molecule has 0 radical (unpaired) electrons. The van der Waals surface area contributed by atoms with Gasteiger partial charge < -0.3 is 15.7 Å². The van der Waals surface area contributed by atoms with Gasteiger partial charge in [0.25, 0.3) is 5.56 Å². The zero-order valence-corrected chi connectivity index (χ0v) is 11.8. The van der Waals surface area contributed by atoms with Gasteiger partial charge in [0.2, 0.25) is 0 Å². The van der Waals surface area contributed by atoms with E-state index in [4.69, 9.17) is 10.8 Å². The maximum atomic E-state index is 12.0. The molecule has 0 aromatic carbocycles. The van der Waals surface area contributed by atoms with E-state index in [9.17, 15) is 4.79 Å². The van der Waals surface area contributed by atoms with E-state index in [2.05, 4.69) is 32.9 Å². The molecule has 1 saturated heterocycles. The third kappa shape index (κ3) is 2.43. The van der Waals surface area contributed by atoms with Crippen LogP contribution < -0.4 is 16.2 Å². The first kappa shape index (κ1) is 13.5. The fourth-order valence-corrected chi connectivity index (χ4v) is 2.68. The number of aliphatic hydroxyl groups is 1. The molecule has 0 bridgehead atoms. The molecule has 0 amide bonds. The van der Waals surface area contributed by atoms with E-state index >= 15 is 0 Å². The smallest absolute Gasteiger partial charge is 0.283 e. The second-order valence-corrected chi connectivity index (χ2v) is 5.43. The molecular weight excluding hydrogens is 300 g/mol. The summed E-state index contributed by atoms with van der Waals surface area (Å²) in [7, 11) is 0. The molecule has 2 rings (SSSR count). The minimum atomic E-state index is -0.227. The molecule has 1 fully saturated rings. The van der Waals surface area contributed by atoms with Crippen molar-refractivity contribution in [2.45, 2.75) is 19.5 Å². The molecule has 2 atom stereocenters. The van der Waals surface area contributed by atoms with Gasteiger partial charge in [-0.25, -0.2) is 4.68 Å². The quantitative estimate of drug-likeness (QED) is 0.805. The van der Waals surface area contributed by atoms with Crippen LogP contribution in [0, 0.1) is 5.92 Å². The Balaban J connectivity index is 2.30. The fourth-order valence-electron chi connectivity index (χ4n) is 2.12. The van der Waals surface area contributed by atoms with Crippen LogP contribution in [0.5, 0.6) is 0 Å². The van der Waals surface area contributed by atoms with Crippen molar-refractivity contribution in [3.8, 4) is 0 Å². The zero-order chi connectivity index (χ0) is 13.3. The number of nitrogens with two attached hydrogens (primary N) is 1. The Hall–Kier alpha value is -0.920. The standard InChI is InChI=1S/C11H17BrN4O2/c1-7-5-15(6-8(7)13)9-4-14-16(2-3-17)11(18)10(9)12/h4,7-8,17H,2-3,5-6,13H2,1H3.